The number of thioether (sulfide) groups is 1. The SMILES string of the molecule is CCOC(=S)SC(CCC(=O)c1ccc(OC)cc1)[Si](OC(C)C)(OC(C)C)OC(C)C. The van der Waals surface area contributed by atoms with Crippen molar-refractivity contribution >= 4 is 43.0 Å². The van der Waals surface area contributed by atoms with Crippen LogP contribution in [-0.2, 0) is 18.0 Å². The summed E-state index contributed by atoms with van der Waals surface area (Å²) in [6.07, 6.45) is 0.458. The quantitative estimate of drug-likeness (QED) is 0.179. The third-order valence-electron chi connectivity index (χ3n) is 4.14. The highest BCUT2D eigenvalue weighted by molar-refractivity contribution is 8.23. The number of ketones is 1. The number of Topliss-reactive ketones (excluding diaryl/α,β-unsaturated/α-hetero) is 1. The number of hydrogen-bond donors (Lipinski definition) is 0. The molecule has 0 saturated heterocycles. The van der Waals surface area contributed by atoms with E-state index in [9.17, 15) is 4.79 Å². The van der Waals surface area contributed by atoms with Crippen LogP contribution in [-0.4, -0.2) is 55.9 Å². The van der Waals surface area contributed by atoms with E-state index in [1.165, 1.54) is 11.8 Å². The van der Waals surface area contributed by atoms with E-state index in [-0.39, 0.29) is 29.0 Å². The van der Waals surface area contributed by atoms with Crippen LogP contribution in [0.25, 0.3) is 0 Å². The summed E-state index contributed by atoms with van der Waals surface area (Å²) in [5.41, 5.74) is 0.633. The Morgan fingerprint density at radius 3 is 1.88 bits per heavy atom. The van der Waals surface area contributed by atoms with Crippen LogP contribution in [0.3, 0.4) is 0 Å². The average molecular weight is 503 g/mol. The van der Waals surface area contributed by atoms with Gasteiger partial charge in [-0.1, -0.05) is 11.8 Å². The first-order chi connectivity index (χ1) is 15.0. The average Bonchev–Trinajstić information content (AvgIpc) is 2.69. The fourth-order valence-electron chi connectivity index (χ4n) is 3.06. The van der Waals surface area contributed by atoms with Gasteiger partial charge in [-0.2, -0.15) is 0 Å². The second-order valence-corrected chi connectivity index (χ2v) is 12.9. The lowest BCUT2D eigenvalue weighted by Crippen LogP contribution is -2.59. The Morgan fingerprint density at radius 2 is 1.47 bits per heavy atom. The maximum atomic E-state index is 12.9. The molecule has 0 aliphatic carbocycles. The van der Waals surface area contributed by atoms with Gasteiger partial charge in [-0.25, -0.2) is 0 Å². The summed E-state index contributed by atoms with van der Waals surface area (Å²) in [7, 11) is -1.67. The van der Waals surface area contributed by atoms with Gasteiger partial charge in [0, 0.05) is 30.3 Å². The van der Waals surface area contributed by atoms with Crippen molar-refractivity contribution in [1.29, 1.82) is 0 Å². The molecule has 0 bridgehead atoms. The zero-order valence-electron chi connectivity index (χ0n) is 20.5. The largest absolute Gasteiger partial charge is 0.515 e. The molecule has 1 aromatic rings. The summed E-state index contributed by atoms with van der Waals surface area (Å²) in [5.74, 6) is 0.742. The number of methoxy groups -OCH3 is 1. The van der Waals surface area contributed by atoms with Gasteiger partial charge in [-0.05, 0) is 91.4 Å². The summed E-state index contributed by atoms with van der Waals surface area (Å²) in [6, 6.07) is 7.13. The highest BCUT2D eigenvalue weighted by Crippen LogP contribution is 2.34. The molecular weight excluding hydrogens is 464 g/mol. The normalized spacial score (nSPS) is 13.0. The molecule has 182 valence electrons. The molecule has 1 atom stereocenters. The molecule has 32 heavy (non-hydrogen) atoms. The third kappa shape index (κ3) is 9.89. The lowest BCUT2D eigenvalue weighted by molar-refractivity contribution is 0.00136. The van der Waals surface area contributed by atoms with Gasteiger partial charge in [0.05, 0.1) is 18.6 Å². The van der Waals surface area contributed by atoms with Gasteiger partial charge in [0.25, 0.3) is 0 Å². The second-order valence-electron chi connectivity index (χ2n) is 8.08. The third-order valence-corrected chi connectivity index (χ3v) is 10.1. The van der Waals surface area contributed by atoms with Crippen LogP contribution in [0.1, 0.15) is 71.7 Å². The molecule has 0 N–H and O–H groups in total. The molecular formula is C23H38O6S2Si. The summed E-state index contributed by atoms with van der Waals surface area (Å²) in [5, 5.41) is 0. The molecule has 0 aromatic heterocycles. The Hall–Kier alpha value is -0.973. The molecule has 0 aliphatic heterocycles. The molecule has 1 rings (SSSR count). The summed E-state index contributed by atoms with van der Waals surface area (Å²) < 4.78 is 30.3. The van der Waals surface area contributed by atoms with Crippen molar-refractivity contribution in [2.45, 2.75) is 84.5 Å². The molecule has 9 heteroatoms. The van der Waals surface area contributed by atoms with E-state index >= 15 is 0 Å². The van der Waals surface area contributed by atoms with Gasteiger partial charge in [0.1, 0.15) is 5.75 Å². The molecule has 0 saturated carbocycles. The number of benzene rings is 1. The molecule has 1 aromatic carbocycles. The van der Waals surface area contributed by atoms with Crippen LogP contribution in [0, 0.1) is 0 Å². The van der Waals surface area contributed by atoms with Crippen molar-refractivity contribution in [3.63, 3.8) is 0 Å². The molecule has 6 nitrogen and oxygen atoms in total. The minimum atomic E-state index is -3.27. The minimum Gasteiger partial charge on any atom is -0.497 e. The lowest BCUT2D eigenvalue weighted by atomic mass is 10.1. The van der Waals surface area contributed by atoms with Crippen LogP contribution in [0.4, 0.5) is 0 Å². The Bertz CT molecular complexity index is 682. The predicted molar refractivity (Wildman–Crippen MR) is 137 cm³/mol. The lowest BCUT2D eigenvalue weighted by Gasteiger charge is -2.39. The van der Waals surface area contributed by atoms with Crippen LogP contribution in [0.5, 0.6) is 5.75 Å². The standard InChI is InChI=1S/C23H38O6S2Si/c1-9-26-23(30)31-22(15-14-21(24)19-10-12-20(25-8)13-11-19)32(27-16(2)3,28-17(4)5)29-18(6)7/h10-13,16-18,22H,9,14-15H2,1-8H3. The van der Waals surface area contributed by atoms with E-state index in [0.717, 1.165) is 0 Å². The van der Waals surface area contributed by atoms with Crippen molar-refractivity contribution in [2.24, 2.45) is 0 Å². The molecule has 0 heterocycles. The molecule has 0 radical (unpaired) electrons. The Balaban J connectivity index is 3.21. The zero-order chi connectivity index (χ0) is 24.3. The zero-order valence-corrected chi connectivity index (χ0v) is 23.1. The number of ether oxygens (including phenoxy) is 2. The van der Waals surface area contributed by atoms with Crippen molar-refractivity contribution in [3.05, 3.63) is 29.8 Å². The van der Waals surface area contributed by atoms with Gasteiger partial charge < -0.3 is 22.8 Å². The van der Waals surface area contributed by atoms with Gasteiger partial charge in [0.2, 0.25) is 4.38 Å². The smallest absolute Gasteiger partial charge is 0.497 e. The Labute approximate surface area is 204 Å². The number of carbonyl (C=O) groups is 1. The first-order valence-corrected chi connectivity index (χ1v) is 14.2. The van der Waals surface area contributed by atoms with Crippen molar-refractivity contribution in [3.8, 4) is 5.75 Å². The molecule has 0 spiro atoms. The fraction of sp³-hybridized carbons (Fsp3) is 0.652. The van der Waals surface area contributed by atoms with Crippen LogP contribution in [0.2, 0.25) is 0 Å². The molecule has 0 amide bonds. The van der Waals surface area contributed by atoms with E-state index in [2.05, 4.69) is 0 Å². The maximum Gasteiger partial charge on any atom is 0.515 e. The summed E-state index contributed by atoms with van der Waals surface area (Å²) in [4.78, 5) is 12.7. The van der Waals surface area contributed by atoms with E-state index in [0.29, 0.717) is 35.1 Å². The van der Waals surface area contributed by atoms with E-state index in [1.54, 1.807) is 31.4 Å². The molecule has 0 fully saturated rings. The number of hydrogen-bond acceptors (Lipinski definition) is 8. The molecule has 0 aliphatic rings. The summed E-state index contributed by atoms with van der Waals surface area (Å²) >= 11 is 6.81. The predicted octanol–water partition coefficient (Wildman–Crippen LogP) is 5.83. The minimum absolute atomic E-state index is 0.0297. The Kier molecular flexibility index (Phi) is 13.0. The van der Waals surface area contributed by atoms with E-state index in [4.69, 9.17) is 35.0 Å². The Morgan fingerprint density at radius 1 is 0.969 bits per heavy atom. The van der Waals surface area contributed by atoms with Gasteiger partial charge in [-0.3, -0.25) is 4.79 Å². The highest BCUT2D eigenvalue weighted by atomic mass is 32.2. The van der Waals surface area contributed by atoms with Gasteiger partial charge in [0.15, 0.2) is 5.78 Å². The van der Waals surface area contributed by atoms with Crippen molar-refractivity contribution < 1.29 is 27.5 Å². The van der Waals surface area contributed by atoms with Gasteiger partial charge >= 0.3 is 8.80 Å². The first kappa shape index (κ1) is 29.1. The van der Waals surface area contributed by atoms with E-state index < -0.39 is 8.80 Å². The van der Waals surface area contributed by atoms with E-state index in [1.807, 2.05) is 48.5 Å². The number of carbonyl (C=O) groups excluding carboxylic acids is 1. The van der Waals surface area contributed by atoms with Crippen molar-refractivity contribution in [2.75, 3.05) is 13.7 Å². The topological polar surface area (TPSA) is 63.2 Å². The van der Waals surface area contributed by atoms with Crippen LogP contribution in [0.15, 0.2) is 24.3 Å². The number of thiocarbonyl (C=S) groups is 1. The maximum absolute atomic E-state index is 12.9. The summed E-state index contributed by atoms with van der Waals surface area (Å²) in [6.45, 7) is 14.1. The monoisotopic (exact) mass is 502 g/mol. The van der Waals surface area contributed by atoms with Crippen LogP contribution >= 0.6 is 24.0 Å². The number of rotatable bonds is 14. The van der Waals surface area contributed by atoms with Gasteiger partial charge in [-0.15, -0.1) is 0 Å². The second kappa shape index (κ2) is 14.3. The van der Waals surface area contributed by atoms with Crippen molar-refractivity contribution in [1.82, 2.24) is 0 Å². The fourth-order valence-corrected chi connectivity index (χ4v) is 8.92. The molecule has 1 unspecified atom stereocenters. The first-order valence-electron chi connectivity index (χ1n) is 11.1. The van der Waals surface area contributed by atoms with Crippen LogP contribution < -0.4 is 4.74 Å². The highest BCUT2D eigenvalue weighted by Gasteiger charge is 2.53.